The van der Waals surface area contributed by atoms with E-state index in [4.69, 9.17) is 14.2 Å². The number of ether oxygens (including phenoxy) is 3. The predicted molar refractivity (Wildman–Crippen MR) is 85.0 cm³/mol. The zero-order valence-electron chi connectivity index (χ0n) is 17.2. The van der Waals surface area contributed by atoms with Crippen molar-refractivity contribution < 1.29 is 126 Å². The van der Waals surface area contributed by atoms with Gasteiger partial charge in [0.2, 0.25) is 22.6 Å². The molecule has 0 aromatic carbocycles. The van der Waals surface area contributed by atoms with Crippen LogP contribution in [0, 0.1) is 0 Å². The summed E-state index contributed by atoms with van der Waals surface area (Å²) in [7, 11) is -5.19. The Morgan fingerprint density at radius 3 is 2.28 bits per heavy atom. The summed E-state index contributed by atoms with van der Waals surface area (Å²) < 4.78 is 51.0. The molecule has 0 aliphatic carbocycles. The van der Waals surface area contributed by atoms with Crippen molar-refractivity contribution in [3.05, 3.63) is 11.8 Å². The van der Waals surface area contributed by atoms with Crippen LogP contribution in [0.4, 0.5) is 0 Å². The Morgan fingerprint density at radius 2 is 1.78 bits per heavy atom. The second-order valence-corrected chi connectivity index (χ2v) is 7.41. The van der Waals surface area contributed by atoms with Crippen LogP contribution in [-0.2, 0) is 38.4 Å². The second-order valence-electron chi connectivity index (χ2n) is 6.36. The number of hydrogen-bond acceptors (Lipinski definition) is 14. The van der Waals surface area contributed by atoms with Crippen molar-refractivity contribution in [1.82, 2.24) is 5.32 Å². The van der Waals surface area contributed by atoms with Crippen LogP contribution < -0.4 is 69.5 Å². The Bertz CT molecular complexity index is 794. The van der Waals surface area contributed by atoms with Crippen LogP contribution in [0.3, 0.4) is 0 Å². The van der Waals surface area contributed by atoms with Gasteiger partial charge in [-0.25, -0.2) is 8.42 Å². The number of carbonyl (C=O) groups is 2. The van der Waals surface area contributed by atoms with Crippen LogP contribution in [0.25, 0.3) is 0 Å². The zero-order valence-corrected chi connectivity index (χ0v) is 22.0. The molecule has 18 heteroatoms. The average Bonchev–Trinajstić information content (AvgIpc) is 2.61. The summed E-state index contributed by atoms with van der Waals surface area (Å²) in [4.78, 5) is 22.4. The SMILES string of the molecule is CC(=O)N[C@H]1C(O)O[C@H](COS(=O)(=O)[O-])[C@H](O)[C@@H]1OC1OC(C(=O)[O-])=C[C@H](O)[C@H]1O.[Na+].[Na+]. The molecular formula is C14H19NNa2O14S. The Kier molecular flexibility index (Phi) is 13.3. The molecule has 1 amide bonds. The fraction of sp³-hybridized carbons (Fsp3) is 0.714. The first-order valence-electron chi connectivity index (χ1n) is 8.30. The van der Waals surface area contributed by atoms with E-state index < -0.39 is 83.8 Å². The Balaban J connectivity index is 0.00000480. The number of aliphatic hydroxyl groups excluding tert-OH is 4. The monoisotopic (exact) mass is 503 g/mol. The summed E-state index contributed by atoms with van der Waals surface area (Å²) >= 11 is 0. The molecule has 0 aromatic rings. The van der Waals surface area contributed by atoms with E-state index in [1.54, 1.807) is 0 Å². The van der Waals surface area contributed by atoms with Gasteiger partial charge in [0.1, 0.15) is 48.3 Å². The number of carboxylic acids is 1. The molecule has 2 rings (SSSR count). The van der Waals surface area contributed by atoms with E-state index in [1.807, 2.05) is 0 Å². The first kappa shape index (κ1) is 32.1. The molecule has 0 radical (unpaired) electrons. The Hall–Kier alpha value is 0.110. The predicted octanol–water partition coefficient (Wildman–Crippen LogP) is -11.8. The maximum Gasteiger partial charge on any atom is 1.00 e. The number of hydrogen-bond donors (Lipinski definition) is 5. The van der Waals surface area contributed by atoms with Gasteiger partial charge in [-0.2, -0.15) is 0 Å². The molecule has 32 heavy (non-hydrogen) atoms. The average molecular weight is 503 g/mol. The normalized spacial score (nSPS) is 34.8. The number of nitrogens with one attached hydrogen (secondary N) is 1. The molecule has 0 aromatic heterocycles. The summed E-state index contributed by atoms with van der Waals surface area (Å²) in [6, 6.07) is -1.53. The van der Waals surface area contributed by atoms with Gasteiger partial charge in [0.15, 0.2) is 6.29 Å². The van der Waals surface area contributed by atoms with Gasteiger partial charge < -0.3 is 54.4 Å². The standard InChI is InChI=1S/C14H21NO14S.2Na/c1-4(16)15-8-11(10(19)7(27-13(8)22)3-26-30(23,24)25)29-14-9(18)5(17)2-6(28-14)12(20)21;;/h2,5,7-11,13-14,17-19,22H,3H2,1H3,(H,15,16)(H,20,21)(H,23,24,25);;/q;2*+1/p-2/t5-,7+,8+,9+,10-,11+,13?,14?;;/m0../s1. The quantitative estimate of drug-likeness (QED) is 0.123. The molecule has 8 atom stereocenters. The topological polar surface area (TPSA) is 244 Å². The molecule has 172 valence electrons. The first-order valence-corrected chi connectivity index (χ1v) is 9.64. The van der Waals surface area contributed by atoms with Gasteiger partial charge in [0.25, 0.3) is 0 Å². The molecule has 15 nitrogen and oxygen atoms in total. The zero-order chi connectivity index (χ0) is 22.8. The number of rotatable bonds is 7. The van der Waals surface area contributed by atoms with E-state index >= 15 is 0 Å². The summed E-state index contributed by atoms with van der Waals surface area (Å²) in [6.45, 7) is -0.000369. The van der Waals surface area contributed by atoms with Crippen molar-refractivity contribution in [2.24, 2.45) is 0 Å². The van der Waals surface area contributed by atoms with E-state index in [1.165, 1.54) is 0 Å². The third kappa shape index (κ3) is 8.71. The smallest absolute Gasteiger partial charge is 0.726 e. The van der Waals surface area contributed by atoms with Crippen molar-refractivity contribution in [2.45, 2.75) is 56.1 Å². The van der Waals surface area contributed by atoms with Crippen LogP contribution >= 0.6 is 0 Å². The third-order valence-corrected chi connectivity index (χ3v) is 4.55. The fourth-order valence-electron chi connectivity index (χ4n) is 2.80. The minimum Gasteiger partial charge on any atom is -0.726 e. The molecule has 2 unspecified atom stereocenters. The molecule has 2 aliphatic heterocycles. The van der Waals surface area contributed by atoms with Crippen molar-refractivity contribution in [2.75, 3.05) is 6.61 Å². The van der Waals surface area contributed by atoms with E-state index in [2.05, 4.69) is 9.50 Å². The minimum atomic E-state index is -5.19. The summed E-state index contributed by atoms with van der Waals surface area (Å²) in [6.07, 6.45) is -12.1. The van der Waals surface area contributed by atoms with Crippen LogP contribution in [0.1, 0.15) is 6.92 Å². The number of aliphatic hydroxyl groups is 4. The maximum atomic E-state index is 11.4. The summed E-state index contributed by atoms with van der Waals surface area (Å²) in [5, 5.41) is 53.5. The first-order chi connectivity index (χ1) is 13.8. The second kappa shape index (κ2) is 13.3. The van der Waals surface area contributed by atoms with Gasteiger partial charge in [-0.15, -0.1) is 0 Å². The van der Waals surface area contributed by atoms with Crippen LogP contribution in [-0.4, -0.2) is 101 Å². The molecule has 2 aliphatic rings. The van der Waals surface area contributed by atoms with E-state index in [0.717, 1.165) is 6.92 Å². The van der Waals surface area contributed by atoms with Gasteiger partial charge in [-0.3, -0.25) is 8.98 Å². The maximum absolute atomic E-state index is 11.4. The number of carboxylic acid groups (broad SMARTS) is 1. The molecule has 2 heterocycles. The molecule has 1 fully saturated rings. The molecular weight excluding hydrogens is 484 g/mol. The molecule has 0 saturated carbocycles. The summed E-state index contributed by atoms with van der Waals surface area (Å²) in [5.41, 5.74) is 0. The van der Waals surface area contributed by atoms with E-state index in [-0.39, 0.29) is 59.1 Å². The molecule has 0 bridgehead atoms. The number of aliphatic carboxylic acids is 1. The molecule has 5 N–H and O–H groups in total. The van der Waals surface area contributed by atoms with Gasteiger partial charge in [-0.05, 0) is 6.08 Å². The van der Waals surface area contributed by atoms with Crippen molar-refractivity contribution in [1.29, 1.82) is 0 Å². The van der Waals surface area contributed by atoms with Crippen molar-refractivity contribution in [3.8, 4) is 0 Å². The van der Waals surface area contributed by atoms with Gasteiger partial charge in [0, 0.05) is 6.92 Å². The number of amides is 1. The minimum absolute atomic E-state index is 0. The largest absolute Gasteiger partial charge is 1.00 e. The van der Waals surface area contributed by atoms with Crippen molar-refractivity contribution in [3.63, 3.8) is 0 Å². The van der Waals surface area contributed by atoms with Gasteiger partial charge in [-0.1, -0.05) is 0 Å². The Labute approximate surface area is 226 Å². The van der Waals surface area contributed by atoms with Gasteiger partial charge >= 0.3 is 59.1 Å². The number of carbonyl (C=O) groups excluding carboxylic acids is 2. The Morgan fingerprint density at radius 1 is 1.19 bits per heavy atom. The summed E-state index contributed by atoms with van der Waals surface area (Å²) in [5.74, 6) is -3.47. The van der Waals surface area contributed by atoms with E-state index in [0.29, 0.717) is 6.08 Å². The molecule has 1 saturated heterocycles. The van der Waals surface area contributed by atoms with Crippen LogP contribution in [0.2, 0.25) is 0 Å². The molecule has 0 spiro atoms. The van der Waals surface area contributed by atoms with E-state index in [9.17, 15) is 48.1 Å². The van der Waals surface area contributed by atoms with Crippen molar-refractivity contribution >= 4 is 22.3 Å². The van der Waals surface area contributed by atoms with Crippen LogP contribution in [0.5, 0.6) is 0 Å². The van der Waals surface area contributed by atoms with Gasteiger partial charge in [0.05, 0.1) is 6.61 Å². The fourth-order valence-corrected chi connectivity index (χ4v) is 3.10. The third-order valence-electron chi connectivity index (χ3n) is 4.13. The van der Waals surface area contributed by atoms with Crippen LogP contribution in [0.15, 0.2) is 11.8 Å².